The molecule has 0 aliphatic heterocycles. The number of anilines is 1. The molecule has 2 atom stereocenters. The summed E-state index contributed by atoms with van der Waals surface area (Å²) in [5.74, 6) is 0.623. The maximum absolute atomic E-state index is 5.75. The number of aromatic nitrogens is 1. The van der Waals surface area contributed by atoms with Gasteiger partial charge >= 0.3 is 0 Å². The first kappa shape index (κ1) is 16.0. The molecule has 1 saturated carbocycles. The maximum Gasteiger partial charge on any atom is 0.213 e. The van der Waals surface area contributed by atoms with E-state index in [4.69, 9.17) is 14.2 Å². The topological polar surface area (TPSA) is 52.6 Å². The van der Waals surface area contributed by atoms with Crippen LogP contribution in [0, 0.1) is 5.41 Å². The minimum atomic E-state index is 0.143. The van der Waals surface area contributed by atoms with E-state index < -0.39 is 0 Å². The van der Waals surface area contributed by atoms with Crippen molar-refractivity contribution < 1.29 is 14.2 Å². The highest BCUT2D eigenvalue weighted by molar-refractivity contribution is 5.44. The van der Waals surface area contributed by atoms with Gasteiger partial charge in [-0.25, -0.2) is 4.98 Å². The molecule has 2 rings (SSSR count). The summed E-state index contributed by atoms with van der Waals surface area (Å²) in [5.41, 5.74) is 1.16. The highest BCUT2D eigenvalue weighted by Crippen LogP contribution is 2.44. The van der Waals surface area contributed by atoms with E-state index in [2.05, 4.69) is 24.1 Å². The molecule has 0 spiro atoms. The van der Waals surface area contributed by atoms with Crippen LogP contribution in [0.25, 0.3) is 0 Å². The second kappa shape index (κ2) is 7.09. The lowest BCUT2D eigenvalue weighted by atomic mass is 9.64. The van der Waals surface area contributed by atoms with Gasteiger partial charge < -0.3 is 19.5 Å². The van der Waals surface area contributed by atoms with Crippen LogP contribution in [0.3, 0.4) is 0 Å². The number of hydrogen-bond donors (Lipinski definition) is 1. The molecule has 0 saturated heterocycles. The van der Waals surface area contributed by atoms with Crippen LogP contribution in [0.15, 0.2) is 18.3 Å². The fourth-order valence-electron chi connectivity index (χ4n) is 2.60. The van der Waals surface area contributed by atoms with Gasteiger partial charge in [-0.2, -0.15) is 0 Å². The lowest BCUT2D eigenvalue weighted by Gasteiger charge is -2.52. The van der Waals surface area contributed by atoms with Gasteiger partial charge in [-0.3, -0.25) is 0 Å². The molecule has 1 heterocycles. The molecule has 118 valence electrons. The SMILES string of the molecule is CCOC1CC(Nc2ccc(OCCOC)nc2)C1(C)C. The summed E-state index contributed by atoms with van der Waals surface area (Å²) >= 11 is 0. The first-order valence-electron chi connectivity index (χ1n) is 7.53. The monoisotopic (exact) mass is 294 g/mol. The van der Waals surface area contributed by atoms with Crippen molar-refractivity contribution in [2.75, 3.05) is 32.2 Å². The van der Waals surface area contributed by atoms with Gasteiger partial charge in [-0.15, -0.1) is 0 Å². The van der Waals surface area contributed by atoms with Crippen LogP contribution in [-0.2, 0) is 9.47 Å². The molecule has 21 heavy (non-hydrogen) atoms. The van der Waals surface area contributed by atoms with Crippen LogP contribution in [0.1, 0.15) is 27.2 Å². The van der Waals surface area contributed by atoms with Crippen molar-refractivity contribution in [1.29, 1.82) is 0 Å². The largest absolute Gasteiger partial charge is 0.475 e. The molecule has 1 fully saturated rings. The zero-order valence-corrected chi connectivity index (χ0v) is 13.4. The van der Waals surface area contributed by atoms with E-state index in [0.29, 0.717) is 31.2 Å². The van der Waals surface area contributed by atoms with Gasteiger partial charge in [0.2, 0.25) is 5.88 Å². The van der Waals surface area contributed by atoms with Crippen molar-refractivity contribution in [3.63, 3.8) is 0 Å². The van der Waals surface area contributed by atoms with Crippen molar-refractivity contribution in [1.82, 2.24) is 4.98 Å². The molecule has 0 radical (unpaired) electrons. The summed E-state index contributed by atoms with van der Waals surface area (Å²) in [6.45, 7) is 8.38. The molecule has 5 heteroatoms. The Kier molecular flexibility index (Phi) is 5.42. The van der Waals surface area contributed by atoms with Gasteiger partial charge in [0, 0.05) is 31.2 Å². The summed E-state index contributed by atoms with van der Waals surface area (Å²) in [4.78, 5) is 4.29. The highest BCUT2D eigenvalue weighted by Gasteiger charge is 2.48. The van der Waals surface area contributed by atoms with Crippen LogP contribution >= 0.6 is 0 Å². The van der Waals surface area contributed by atoms with Crippen LogP contribution < -0.4 is 10.1 Å². The van der Waals surface area contributed by atoms with Crippen LogP contribution in [-0.4, -0.2) is 44.1 Å². The second-order valence-corrected chi connectivity index (χ2v) is 5.92. The van der Waals surface area contributed by atoms with Crippen molar-refractivity contribution in [3.8, 4) is 5.88 Å². The third kappa shape index (κ3) is 3.86. The second-order valence-electron chi connectivity index (χ2n) is 5.92. The number of pyridine rings is 1. The molecule has 1 aliphatic rings. The Bertz CT molecular complexity index is 434. The average Bonchev–Trinajstić information content (AvgIpc) is 2.48. The Morgan fingerprint density at radius 2 is 2.14 bits per heavy atom. The van der Waals surface area contributed by atoms with E-state index in [1.165, 1.54) is 0 Å². The van der Waals surface area contributed by atoms with E-state index in [9.17, 15) is 0 Å². The predicted octanol–water partition coefficient (Wildman–Crippen LogP) is 2.72. The molecule has 0 aromatic carbocycles. The highest BCUT2D eigenvalue weighted by atomic mass is 16.5. The van der Waals surface area contributed by atoms with E-state index in [1.54, 1.807) is 7.11 Å². The Morgan fingerprint density at radius 3 is 2.71 bits per heavy atom. The van der Waals surface area contributed by atoms with Gasteiger partial charge in [-0.1, -0.05) is 13.8 Å². The van der Waals surface area contributed by atoms with E-state index in [0.717, 1.165) is 18.7 Å². The maximum atomic E-state index is 5.75. The molecule has 1 aromatic heterocycles. The quantitative estimate of drug-likeness (QED) is 0.747. The third-order valence-electron chi connectivity index (χ3n) is 4.16. The van der Waals surface area contributed by atoms with Crippen LogP contribution in [0.2, 0.25) is 0 Å². The van der Waals surface area contributed by atoms with Crippen molar-refractivity contribution in [2.24, 2.45) is 5.41 Å². The number of rotatable bonds is 8. The van der Waals surface area contributed by atoms with Gasteiger partial charge in [0.15, 0.2) is 0 Å². The normalized spacial score (nSPS) is 23.4. The zero-order valence-electron chi connectivity index (χ0n) is 13.4. The molecule has 1 N–H and O–H groups in total. The lowest BCUT2D eigenvalue weighted by molar-refractivity contribution is -0.0976. The van der Waals surface area contributed by atoms with Gasteiger partial charge in [0.25, 0.3) is 0 Å². The van der Waals surface area contributed by atoms with Gasteiger partial charge in [-0.05, 0) is 19.4 Å². The summed E-state index contributed by atoms with van der Waals surface area (Å²) in [6, 6.07) is 4.29. The Morgan fingerprint density at radius 1 is 1.33 bits per heavy atom. The fraction of sp³-hybridized carbons (Fsp3) is 0.688. The Hall–Kier alpha value is -1.33. The number of methoxy groups -OCH3 is 1. The smallest absolute Gasteiger partial charge is 0.213 e. The van der Waals surface area contributed by atoms with Crippen LogP contribution in [0.4, 0.5) is 5.69 Å². The standard InChI is InChI=1S/C16H26N2O3/c1-5-20-14-10-13(16(14,2)3)18-12-6-7-15(17-11-12)21-9-8-19-4/h6-7,11,13-14,18H,5,8-10H2,1-4H3. The number of hydrogen-bond acceptors (Lipinski definition) is 5. The van der Waals surface area contributed by atoms with E-state index in [1.807, 2.05) is 25.3 Å². The number of nitrogens with one attached hydrogen (secondary N) is 1. The Balaban J connectivity index is 1.84. The minimum absolute atomic E-state index is 0.143. The third-order valence-corrected chi connectivity index (χ3v) is 4.16. The molecule has 1 aliphatic carbocycles. The fourth-order valence-corrected chi connectivity index (χ4v) is 2.60. The average molecular weight is 294 g/mol. The first-order chi connectivity index (χ1) is 10.1. The molecule has 0 amide bonds. The summed E-state index contributed by atoms with van der Waals surface area (Å²) in [7, 11) is 1.65. The van der Waals surface area contributed by atoms with Crippen molar-refractivity contribution in [3.05, 3.63) is 18.3 Å². The molecule has 0 bridgehead atoms. The lowest BCUT2D eigenvalue weighted by Crippen LogP contribution is -2.58. The Labute approximate surface area is 127 Å². The van der Waals surface area contributed by atoms with E-state index >= 15 is 0 Å². The summed E-state index contributed by atoms with van der Waals surface area (Å²) in [6.07, 6.45) is 3.18. The summed E-state index contributed by atoms with van der Waals surface area (Å²) in [5, 5.41) is 3.53. The van der Waals surface area contributed by atoms with Crippen molar-refractivity contribution >= 4 is 5.69 Å². The molecule has 5 nitrogen and oxygen atoms in total. The summed E-state index contributed by atoms with van der Waals surface area (Å²) < 4.78 is 16.1. The van der Waals surface area contributed by atoms with Crippen molar-refractivity contribution in [2.45, 2.75) is 39.3 Å². The molecular weight excluding hydrogens is 268 g/mol. The van der Waals surface area contributed by atoms with Gasteiger partial charge in [0.05, 0.1) is 24.6 Å². The molecule has 2 unspecified atom stereocenters. The number of nitrogens with zero attached hydrogens (tertiary/aromatic N) is 1. The minimum Gasteiger partial charge on any atom is -0.475 e. The number of ether oxygens (including phenoxy) is 3. The van der Waals surface area contributed by atoms with Crippen LogP contribution in [0.5, 0.6) is 5.88 Å². The molecular formula is C16H26N2O3. The predicted molar refractivity (Wildman–Crippen MR) is 82.8 cm³/mol. The van der Waals surface area contributed by atoms with Gasteiger partial charge in [0.1, 0.15) is 6.61 Å². The molecule has 1 aromatic rings. The first-order valence-corrected chi connectivity index (χ1v) is 7.53. The van der Waals surface area contributed by atoms with E-state index in [-0.39, 0.29) is 5.41 Å². The zero-order chi connectivity index (χ0) is 15.3.